The van der Waals surface area contributed by atoms with E-state index in [0.717, 1.165) is 25.5 Å². The number of benzene rings is 1. The normalized spacial score (nSPS) is 12.4. The van der Waals surface area contributed by atoms with Crippen molar-refractivity contribution in [1.29, 1.82) is 0 Å². The van der Waals surface area contributed by atoms with Gasteiger partial charge in [-0.1, -0.05) is 43.3 Å². The number of aliphatic imine (C=N–C) groups is 1. The Bertz CT molecular complexity index is 540. The average molecular weight is 429 g/mol. The summed E-state index contributed by atoms with van der Waals surface area (Å²) in [7, 11) is 1.81. The largest absolute Gasteiger partial charge is 0.356 e. The summed E-state index contributed by atoms with van der Waals surface area (Å²) in [6.07, 6.45) is 1.11. The SMILES string of the molecule is CN=C(NCc1ccccc1)NCC(C)Cc1cccs1.I. The van der Waals surface area contributed by atoms with Crippen LogP contribution in [0.4, 0.5) is 0 Å². The summed E-state index contributed by atoms with van der Waals surface area (Å²) in [6.45, 7) is 3.98. The van der Waals surface area contributed by atoms with Crippen molar-refractivity contribution in [2.24, 2.45) is 10.9 Å². The zero-order valence-electron chi connectivity index (χ0n) is 13.1. The molecule has 120 valence electrons. The molecule has 5 heteroatoms. The van der Waals surface area contributed by atoms with Gasteiger partial charge in [0.25, 0.3) is 0 Å². The first-order valence-electron chi connectivity index (χ1n) is 7.28. The van der Waals surface area contributed by atoms with E-state index in [9.17, 15) is 0 Å². The first-order chi connectivity index (χ1) is 10.3. The van der Waals surface area contributed by atoms with Crippen LogP contribution in [0, 0.1) is 5.92 Å². The standard InChI is InChI=1S/C17H23N3S.HI/c1-14(11-16-9-6-10-21-16)12-19-17(18-2)20-13-15-7-4-3-5-8-15;/h3-10,14H,11-13H2,1-2H3,(H2,18,19,20);1H. The van der Waals surface area contributed by atoms with Gasteiger partial charge in [0, 0.05) is 25.0 Å². The van der Waals surface area contributed by atoms with E-state index in [1.807, 2.05) is 24.5 Å². The van der Waals surface area contributed by atoms with Gasteiger partial charge in [0.2, 0.25) is 0 Å². The molecule has 2 aromatic rings. The van der Waals surface area contributed by atoms with Crippen LogP contribution >= 0.6 is 35.3 Å². The van der Waals surface area contributed by atoms with Gasteiger partial charge in [-0.25, -0.2) is 0 Å². The van der Waals surface area contributed by atoms with Crippen LogP contribution in [0.25, 0.3) is 0 Å². The van der Waals surface area contributed by atoms with Crippen molar-refractivity contribution in [3.05, 3.63) is 58.3 Å². The molecule has 0 aliphatic rings. The van der Waals surface area contributed by atoms with E-state index in [4.69, 9.17) is 0 Å². The highest BCUT2D eigenvalue weighted by molar-refractivity contribution is 14.0. The minimum Gasteiger partial charge on any atom is -0.356 e. The molecule has 22 heavy (non-hydrogen) atoms. The summed E-state index contributed by atoms with van der Waals surface area (Å²) in [5, 5.41) is 8.87. The van der Waals surface area contributed by atoms with E-state index in [-0.39, 0.29) is 24.0 Å². The maximum Gasteiger partial charge on any atom is 0.191 e. The van der Waals surface area contributed by atoms with Gasteiger partial charge in [-0.3, -0.25) is 4.99 Å². The van der Waals surface area contributed by atoms with E-state index >= 15 is 0 Å². The Balaban J connectivity index is 0.00000242. The number of hydrogen-bond donors (Lipinski definition) is 2. The molecule has 0 spiro atoms. The Hall–Kier alpha value is -1.08. The van der Waals surface area contributed by atoms with Crippen molar-refractivity contribution < 1.29 is 0 Å². The zero-order chi connectivity index (χ0) is 14.9. The van der Waals surface area contributed by atoms with Crippen LogP contribution < -0.4 is 10.6 Å². The molecule has 1 heterocycles. The molecule has 0 fully saturated rings. The van der Waals surface area contributed by atoms with E-state index in [2.05, 4.69) is 64.3 Å². The van der Waals surface area contributed by atoms with Crippen LogP contribution in [0.5, 0.6) is 0 Å². The van der Waals surface area contributed by atoms with Gasteiger partial charge in [-0.15, -0.1) is 35.3 Å². The van der Waals surface area contributed by atoms with Gasteiger partial charge in [0.15, 0.2) is 5.96 Å². The minimum absolute atomic E-state index is 0. The quantitative estimate of drug-likeness (QED) is 0.415. The van der Waals surface area contributed by atoms with Crippen molar-refractivity contribution in [3.63, 3.8) is 0 Å². The topological polar surface area (TPSA) is 36.4 Å². The van der Waals surface area contributed by atoms with Gasteiger partial charge in [-0.05, 0) is 29.3 Å². The Morgan fingerprint density at radius 2 is 1.91 bits per heavy atom. The van der Waals surface area contributed by atoms with Crippen LogP contribution in [-0.4, -0.2) is 19.6 Å². The predicted molar refractivity (Wildman–Crippen MR) is 107 cm³/mol. The maximum absolute atomic E-state index is 4.27. The Labute approximate surface area is 154 Å². The lowest BCUT2D eigenvalue weighted by Crippen LogP contribution is -2.39. The van der Waals surface area contributed by atoms with Gasteiger partial charge in [0.05, 0.1) is 0 Å². The van der Waals surface area contributed by atoms with Crippen LogP contribution in [-0.2, 0) is 13.0 Å². The third-order valence-corrected chi connectivity index (χ3v) is 4.17. The molecular weight excluding hydrogens is 405 g/mol. The highest BCUT2D eigenvalue weighted by atomic mass is 127. The number of halogens is 1. The van der Waals surface area contributed by atoms with Crippen LogP contribution in [0.3, 0.4) is 0 Å². The molecule has 1 atom stereocenters. The second-order valence-corrected chi connectivity index (χ2v) is 6.21. The van der Waals surface area contributed by atoms with E-state index < -0.39 is 0 Å². The maximum atomic E-state index is 4.27. The smallest absolute Gasteiger partial charge is 0.191 e. The molecule has 1 unspecified atom stereocenters. The van der Waals surface area contributed by atoms with E-state index in [1.165, 1.54) is 10.4 Å². The zero-order valence-corrected chi connectivity index (χ0v) is 16.2. The molecule has 0 amide bonds. The number of thiophene rings is 1. The molecule has 3 nitrogen and oxygen atoms in total. The lowest BCUT2D eigenvalue weighted by molar-refractivity contribution is 0.562. The summed E-state index contributed by atoms with van der Waals surface area (Å²) >= 11 is 1.83. The number of guanidine groups is 1. The van der Waals surface area contributed by atoms with E-state index in [1.54, 1.807) is 0 Å². The molecule has 1 aromatic heterocycles. The predicted octanol–water partition coefficient (Wildman–Crippen LogP) is 3.91. The molecule has 0 bridgehead atoms. The molecule has 0 aliphatic carbocycles. The fourth-order valence-electron chi connectivity index (χ4n) is 2.12. The Kier molecular flexibility index (Phi) is 9.15. The van der Waals surface area contributed by atoms with Crippen molar-refractivity contribution in [2.45, 2.75) is 19.9 Å². The van der Waals surface area contributed by atoms with E-state index in [0.29, 0.717) is 5.92 Å². The monoisotopic (exact) mass is 429 g/mol. The van der Waals surface area contributed by atoms with Crippen molar-refractivity contribution >= 4 is 41.3 Å². The van der Waals surface area contributed by atoms with Gasteiger partial charge >= 0.3 is 0 Å². The molecule has 1 aromatic carbocycles. The van der Waals surface area contributed by atoms with Gasteiger partial charge in [0.1, 0.15) is 0 Å². The fourth-order valence-corrected chi connectivity index (χ4v) is 2.99. The summed E-state index contributed by atoms with van der Waals surface area (Å²) in [6, 6.07) is 14.7. The second kappa shape index (κ2) is 10.6. The molecule has 0 saturated heterocycles. The number of nitrogens with zero attached hydrogens (tertiary/aromatic N) is 1. The van der Waals surface area contributed by atoms with Crippen LogP contribution in [0.2, 0.25) is 0 Å². The first kappa shape index (κ1) is 19.0. The number of hydrogen-bond acceptors (Lipinski definition) is 2. The number of nitrogens with one attached hydrogen (secondary N) is 2. The van der Waals surface area contributed by atoms with Gasteiger partial charge < -0.3 is 10.6 Å². The van der Waals surface area contributed by atoms with Crippen LogP contribution in [0.15, 0.2) is 52.8 Å². The lowest BCUT2D eigenvalue weighted by atomic mass is 10.1. The summed E-state index contributed by atoms with van der Waals surface area (Å²) in [5.74, 6) is 1.44. The van der Waals surface area contributed by atoms with Crippen molar-refractivity contribution in [3.8, 4) is 0 Å². The molecule has 0 radical (unpaired) electrons. The minimum atomic E-state index is 0. The average Bonchev–Trinajstić information content (AvgIpc) is 3.01. The molecule has 0 saturated carbocycles. The van der Waals surface area contributed by atoms with Gasteiger partial charge in [-0.2, -0.15) is 0 Å². The Morgan fingerprint density at radius 1 is 1.14 bits per heavy atom. The van der Waals surface area contributed by atoms with Crippen molar-refractivity contribution in [1.82, 2.24) is 10.6 Å². The highest BCUT2D eigenvalue weighted by Crippen LogP contribution is 2.13. The molecule has 2 N–H and O–H groups in total. The lowest BCUT2D eigenvalue weighted by Gasteiger charge is -2.15. The summed E-state index contributed by atoms with van der Waals surface area (Å²) in [5.41, 5.74) is 1.26. The Morgan fingerprint density at radius 3 is 2.55 bits per heavy atom. The first-order valence-corrected chi connectivity index (χ1v) is 8.16. The summed E-state index contributed by atoms with van der Waals surface area (Å²) < 4.78 is 0. The third-order valence-electron chi connectivity index (χ3n) is 3.27. The third kappa shape index (κ3) is 6.79. The molecular formula is C17H24IN3S. The second-order valence-electron chi connectivity index (χ2n) is 5.18. The number of rotatable bonds is 6. The molecule has 0 aliphatic heterocycles. The van der Waals surface area contributed by atoms with Crippen LogP contribution in [0.1, 0.15) is 17.4 Å². The summed E-state index contributed by atoms with van der Waals surface area (Å²) in [4.78, 5) is 5.71. The van der Waals surface area contributed by atoms with Crippen molar-refractivity contribution in [2.75, 3.05) is 13.6 Å². The fraction of sp³-hybridized carbons (Fsp3) is 0.353. The highest BCUT2D eigenvalue weighted by Gasteiger charge is 2.06. The molecule has 2 rings (SSSR count).